The quantitative estimate of drug-likeness (QED) is 0.169. The lowest BCUT2D eigenvalue weighted by Gasteiger charge is -2.07. The van der Waals surface area contributed by atoms with Crippen LogP contribution < -0.4 is 15.5 Å². The Hall–Kier alpha value is -5.21. The second-order valence-corrected chi connectivity index (χ2v) is 9.43. The molecule has 0 aliphatic rings. The van der Waals surface area contributed by atoms with Crippen molar-refractivity contribution >= 4 is 29.6 Å². The van der Waals surface area contributed by atoms with E-state index in [-0.39, 0.29) is 6.54 Å². The molecular weight excluding hydrogens is 538 g/mol. The molecule has 0 unspecified atom stereocenters. The number of hydrazone groups is 1. The minimum absolute atomic E-state index is 0.247. The zero-order valence-corrected chi connectivity index (χ0v) is 22.7. The number of carbonyl (C=O) groups is 2. The molecular formula is C32H26ClN5O3. The number of ether oxygens (including phenoxy) is 1. The van der Waals surface area contributed by atoms with E-state index in [1.165, 1.54) is 12.3 Å². The number of rotatable bonds is 10. The maximum Gasteiger partial charge on any atom is 0.259 e. The molecule has 0 saturated carbocycles. The molecule has 41 heavy (non-hydrogen) atoms. The molecule has 0 fully saturated rings. The summed E-state index contributed by atoms with van der Waals surface area (Å²) in [5.74, 6) is -0.148. The third-order valence-electron chi connectivity index (χ3n) is 6.03. The van der Waals surface area contributed by atoms with Gasteiger partial charge in [-0.3, -0.25) is 9.59 Å². The number of halogens is 1. The van der Waals surface area contributed by atoms with Gasteiger partial charge in [0.25, 0.3) is 11.8 Å². The van der Waals surface area contributed by atoms with Crippen LogP contribution >= 0.6 is 11.6 Å². The summed E-state index contributed by atoms with van der Waals surface area (Å²) in [5, 5.41) is 11.9. The number of hydrogen-bond acceptors (Lipinski definition) is 5. The first-order valence-electron chi connectivity index (χ1n) is 12.8. The molecule has 5 rings (SSSR count). The summed E-state index contributed by atoms with van der Waals surface area (Å²) in [6, 6.07) is 33.8. The van der Waals surface area contributed by atoms with Gasteiger partial charge in [-0.05, 0) is 60.2 Å². The molecule has 1 aromatic heterocycles. The number of aromatic nitrogens is 2. The first-order chi connectivity index (χ1) is 20.0. The van der Waals surface area contributed by atoms with Gasteiger partial charge in [0.15, 0.2) is 0 Å². The third-order valence-corrected chi connectivity index (χ3v) is 6.26. The van der Waals surface area contributed by atoms with Crippen molar-refractivity contribution in [2.75, 3.05) is 6.54 Å². The van der Waals surface area contributed by atoms with Crippen LogP contribution in [0.25, 0.3) is 16.9 Å². The Kier molecular flexibility index (Phi) is 8.83. The Morgan fingerprint density at radius 1 is 0.902 bits per heavy atom. The molecule has 0 aliphatic carbocycles. The molecule has 5 aromatic rings. The number of para-hydroxylation sites is 1. The molecule has 2 amide bonds. The van der Waals surface area contributed by atoms with Crippen molar-refractivity contribution in [2.45, 2.75) is 6.61 Å². The van der Waals surface area contributed by atoms with Crippen molar-refractivity contribution in [1.82, 2.24) is 20.5 Å². The normalized spacial score (nSPS) is 10.9. The van der Waals surface area contributed by atoms with Crippen LogP contribution in [-0.2, 0) is 11.4 Å². The molecule has 4 aromatic carbocycles. The highest BCUT2D eigenvalue weighted by atomic mass is 35.5. The first-order valence-corrected chi connectivity index (χ1v) is 13.2. The number of hydrogen-bond donors (Lipinski definition) is 2. The molecule has 0 radical (unpaired) electrons. The highest BCUT2D eigenvalue weighted by molar-refractivity contribution is 6.31. The van der Waals surface area contributed by atoms with Gasteiger partial charge in [-0.15, -0.1) is 0 Å². The largest absolute Gasteiger partial charge is 0.489 e. The molecule has 0 atom stereocenters. The van der Waals surface area contributed by atoms with Crippen molar-refractivity contribution in [3.05, 3.63) is 137 Å². The van der Waals surface area contributed by atoms with Gasteiger partial charge in [-0.1, -0.05) is 66.2 Å². The molecule has 8 nitrogen and oxygen atoms in total. The number of nitrogens with one attached hydrogen (secondary N) is 2. The van der Waals surface area contributed by atoms with Crippen molar-refractivity contribution in [3.63, 3.8) is 0 Å². The zero-order valence-electron chi connectivity index (χ0n) is 21.9. The summed E-state index contributed by atoms with van der Waals surface area (Å²) in [6.07, 6.45) is 3.36. The Morgan fingerprint density at radius 3 is 2.37 bits per heavy atom. The number of benzene rings is 4. The van der Waals surface area contributed by atoms with Gasteiger partial charge in [0.1, 0.15) is 18.1 Å². The Morgan fingerprint density at radius 2 is 1.63 bits per heavy atom. The van der Waals surface area contributed by atoms with Crippen LogP contribution in [-0.4, -0.2) is 34.4 Å². The maximum absolute atomic E-state index is 12.3. The van der Waals surface area contributed by atoms with Crippen LogP contribution in [0.5, 0.6) is 5.75 Å². The van der Waals surface area contributed by atoms with Crippen molar-refractivity contribution < 1.29 is 14.3 Å². The fourth-order valence-corrected chi connectivity index (χ4v) is 4.16. The molecule has 204 valence electrons. The third kappa shape index (κ3) is 7.46. The van der Waals surface area contributed by atoms with E-state index in [1.54, 1.807) is 22.9 Å². The molecule has 0 bridgehead atoms. The van der Waals surface area contributed by atoms with Gasteiger partial charge in [0.05, 0.1) is 18.4 Å². The van der Waals surface area contributed by atoms with Gasteiger partial charge in [-0.25, -0.2) is 10.1 Å². The van der Waals surface area contributed by atoms with Gasteiger partial charge < -0.3 is 10.1 Å². The highest BCUT2D eigenvalue weighted by Gasteiger charge is 2.12. The molecule has 0 spiro atoms. The summed E-state index contributed by atoms with van der Waals surface area (Å²) >= 11 is 5.93. The van der Waals surface area contributed by atoms with Crippen LogP contribution in [0.1, 0.15) is 21.5 Å². The summed E-state index contributed by atoms with van der Waals surface area (Å²) in [7, 11) is 0. The fourth-order valence-electron chi connectivity index (χ4n) is 3.97. The Balaban J connectivity index is 1.27. The topological polar surface area (TPSA) is 97.6 Å². The van der Waals surface area contributed by atoms with Crippen LogP contribution in [0, 0.1) is 0 Å². The van der Waals surface area contributed by atoms with Gasteiger partial charge in [0.2, 0.25) is 0 Å². The standard InChI is InChI=1S/C32H26ClN5O3/c33-27-11-7-10-25(18-27)32(40)34-20-30(39)36-35-19-26-21-38(28-12-5-2-6-13-28)37-31(26)24-14-16-29(17-15-24)41-22-23-8-3-1-4-9-23/h1-19,21H,20,22H2,(H,34,40)(H,36,39)/b35-19-. The van der Waals surface area contributed by atoms with Gasteiger partial charge in [-0.2, -0.15) is 10.2 Å². The van der Waals surface area contributed by atoms with E-state index >= 15 is 0 Å². The average molecular weight is 564 g/mol. The van der Waals surface area contributed by atoms with Crippen molar-refractivity contribution in [1.29, 1.82) is 0 Å². The van der Waals surface area contributed by atoms with E-state index in [0.29, 0.717) is 28.5 Å². The summed E-state index contributed by atoms with van der Waals surface area (Å²) in [4.78, 5) is 24.6. The zero-order chi connectivity index (χ0) is 28.4. The number of nitrogens with zero attached hydrogens (tertiary/aromatic N) is 3. The van der Waals surface area contributed by atoms with Crippen LogP contribution in [0.3, 0.4) is 0 Å². The second kappa shape index (κ2) is 13.2. The molecule has 1 heterocycles. The van der Waals surface area contributed by atoms with Gasteiger partial charge in [0, 0.05) is 27.9 Å². The van der Waals surface area contributed by atoms with Crippen molar-refractivity contribution in [3.8, 4) is 22.7 Å². The van der Waals surface area contributed by atoms with Crippen LogP contribution in [0.15, 0.2) is 120 Å². The van der Waals surface area contributed by atoms with Crippen LogP contribution in [0.2, 0.25) is 5.02 Å². The lowest BCUT2D eigenvalue weighted by Crippen LogP contribution is -2.34. The van der Waals surface area contributed by atoms with Crippen LogP contribution in [0.4, 0.5) is 0 Å². The number of carbonyl (C=O) groups excluding carboxylic acids is 2. The van der Waals surface area contributed by atoms with E-state index in [9.17, 15) is 9.59 Å². The predicted molar refractivity (Wildman–Crippen MR) is 159 cm³/mol. The van der Waals surface area contributed by atoms with Crippen molar-refractivity contribution in [2.24, 2.45) is 5.10 Å². The Labute approximate surface area is 242 Å². The smallest absolute Gasteiger partial charge is 0.259 e. The maximum atomic E-state index is 12.3. The minimum Gasteiger partial charge on any atom is -0.489 e. The van der Waals surface area contributed by atoms with E-state index in [0.717, 1.165) is 22.6 Å². The summed E-state index contributed by atoms with van der Waals surface area (Å²) in [6.45, 7) is 0.225. The van der Waals surface area contributed by atoms with E-state index in [2.05, 4.69) is 15.8 Å². The second-order valence-electron chi connectivity index (χ2n) is 9.00. The molecule has 9 heteroatoms. The summed E-state index contributed by atoms with van der Waals surface area (Å²) in [5.41, 5.74) is 7.00. The van der Waals surface area contributed by atoms with E-state index < -0.39 is 11.8 Å². The summed E-state index contributed by atoms with van der Waals surface area (Å²) < 4.78 is 7.67. The lowest BCUT2D eigenvalue weighted by molar-refractivity contribution is -0.120. The highest BCUT2D eigenvalue weighted by Crippen LogP contribution is 2.25. The average Bonchev–Trinajstić information content (AvgIpc) is 3.44. The number of amides is 2. The van der Waals surface area contributed by atoms with E-state index in [1.807, 2.05) is 91.1 Å². The lowest BCUT2D eigenvalue weighted by atomic mass is 10.1. The molecule has 2 N–H and O–H groups in total. The molecule has 0 saturated heterocycles. The predicted octanol–water partition coefficient (Wildman–Crippen LogP) is 5.65. The Bertz CT molecular complexity index is 1650. The minimum atomic E-state index is -0.478. The molecule has 0 aliphatic heterocycles. The van der Waals surface area contributed by atoms with Gasteiger partial charge >= 0.3 is 0 Å². The monoisotopic (exact) mass is 563 g/mol. The SMILES string of the molecule is O=C(CNC(=O)c1cccc(Cl)c1)N/N=C\c1cn(-c2ccccc2)nc1-c1ccc(OCc2ccccc2)cc1. The fraction of sp³-hybridized carbons (Fsp3) is 0.0625. The first kappa shape index (κ1) is 27.4. The van der Waals surface area contributed by atoms with E-state index in [4.69, 9.17) is 21.4 Å².